The molecule has 3 aromatic rings. The molecule has 96 valence electrons. The van der Waals surface area contributed by atoms with Crippen LogP contribution in [0.25, 0.3) is 10.8 Å². The topological polar surface area (TPSA) is 17.1 Å². The van der Waals surface area contributed by atoms with Gasteiger partial charge in [0.15, 0.2) is 5.78 Å². The Bertz CT molecular complexity index is 864. The van der Waals surface area contributed by atoms with Crippen LogP contribution in [-0.4, -0.2) is 5.78 Å². The van der Waals surface area contributed by atoms with Gasteiger partial charge >= 0.3 is 0 Å². The molecule has 3 aromatic carbocycles. The molecule has 0 atom stereocenters. The molecule has 1 aliphatic rings. The van der Waals surface area contributed by atoms with Crippen LogP contribution in [-0.2, 0) is 6.42 Å². The number of hydrogen-bond acceptors (Lipinski definition) is 1. The zero-order valence-electron chi connectivity index (χ0n) is 10.7. The molecule has 0 aromatic heterocycles. The van der Waals surface area contributed by atoms with Crippen molar-refractivity contribution in [2.24, 2.45) is 0 Å². The number of carbonyl (C=O) groups excluding carboxylic acids is 1. The largest absolute Gasteiger partial charge is 0.289 e. The maximum absolute atomic E-state index is 13.3. The number of fused-ring (bicyclic) bond motifs is 4. The maximum Gasteiger partial charge on any atom is 0.194 e. The Hall–Kier alpha value is -2.48. The van der Waals surface area contributed by atoms with Crippen molar-refractivity contribution in [1.82, 2.24) is 0 Å². The first kappa shape index (κ1) is 11.4. The third-order valence-electron chi connectivity index (χ3n) is 3.94. The molecule has 0 bridgehead atoms. The fourth-order valence-corrected chi connectivity index (χ4v) is 3.00. The molecule has 0 saturated carbocycles. The highest BCUT2D eigenvalue weighted by Gasteiger charge is 2.24. The zero-order chi connectivity index (χ0) is 13.7. The molecule has 0 unspecified atom stereocenters. The predicted molar refractivity (Wildman–Crippen MR) is 76.6 cm³/mol. The Morgan fingerprint density at radius 1 is 0.900 bits per heavy atom. The lowest BCUT2D eigenvalue weighted by Gasteiger charge is -2.20. The molecule has 0 amide bonds. The van der Waals surface area contributed by atoms with Crippen molar-refractivity contribution in [3.8, 4) is 0 Å². The van der Waals surface area contributed by atoms with E-state index in [0.717, 1.165) is 39.4 Å². The Balaban J connectivity index is 2.04. The van der Waals surface area contributed by atoms with Gasteiger partial charge in [-0.25, -0.2) is 4.39 Å². The van der Waals surface area contributed by atoms with Gasteiger partial charge in [0, 0.05) is 11.1 Å². The third kappa shape index (κ3) is 1.51. The van der Waals surface area contributed by atoms with Gasteiger partial charge in [0.05, 0.1) is 0 Å². The lowest BCUT2D eigenvalue weighted by atomic mass is 9.82. The van der Waals surface area contributed by atoms with Crippen LogP contribution in [0.4, 0.5) is 4.39 Å². The van der Waals surface area contributed by atoms with Crippen molar-refractivity contribution in [2.75, 3.05) is 0 Å². The number of hydrogen-bond donors (Lipinski definition) is 0. The van der Waals surface area contributed by atoms with Gasteiger partial charge in [-0.05, 0) is 40.5 Å². The van der Waals surface area contributed by atoms with Gasteiger partial charge in [0.25, 0.3) is 0 Å². The highest BCUT2D eigenvalue weighted by Crippen LogP contribution is 2.32. The standard InChI is InChI=1S/C18H11FO/c19-14-7-8-15-12(10-14)5-6-13-9-11-3-1-2-4-16(11)18(20)17(13)15/h1-8,10H,9H2. The minimum atomic E-state index is -0.277. The van der Waals surface area contributed by atoms with E-state index < -0.39 is 0 Å². The SMILES string of the molecule is O=C1c2ccccc2Cc2ccc3cc(F)ccc3c21. The number of halogens is 1. The molecule has 0 heterocycles. The average molecular weight is 262 g/mol. The molecule has 2 heteroatoms. The average Bonchev–Trinajstić information content (AvgIpc) is 2.47. The number of rotatable bonds is 0. The van der Waals surface area contributed by atoms with Crippen LogP contribution in [0, 0.1) is 5.82 Å². The van der Waals surface area contributed by atoms with E-state index in [1.165, 1.54) is 12.1 Å². The van der Waals surface area contributed by atoms with Crippen LogP contribution >= 0.6 is 0 Å². The summed E-state index contributed by atoms with van der Waals surface area (Å²) in [5.74, 6) is -0.236. The van der Waals surface area contributed by atoms with Gasteiger partial charge in [-0.2, -0.15) is 0 Å². The fourth-order valence-electron chi connectivity index (χ4n) is 3.00. The monoisotopic (exact) mass is 262 g/mol. The van der Waals surface area contributed by atoms with Crippen molar-refractivity contribution >= 4 is 16.6 Å². The number of ketones is 1. The minimum absolute atomic E-state index is 0.0408. The van der Waals surface area contributed by atoms with Gasteiger partial charge in [-0.3, -0.25) is 4.79 Å². The minimum Gasteiger partial charge on any atom is -0.289 e. The summed E-state index contributed by atoms with van der Waals surface area (Å²) in [6.07, 6.45) is 0.755. The van der Waals surface area contributed by atoms with Crippen molar-refractivity contribution in [2.45, 2.75) is 6.42 Å². The van der Waals surface area contributed by atoms with Crippen LogP contribution in [0.2, 0.25) is 0 Å². The summed E-state index contributed by atoms with van der Waals surface area (Å²) in [7, 11) is 0. The molecular weight excluding hydrogens is 251 g/mol. The summed E-state index contributed by atoms with van der Waals surface area (Å²) >= 11 is 0. The van der Waals surface area contributed by atoms with Crippen LogP contribution in [0.15, 0.2) is 54.6 Å². The first-order valence-corrected chi connectivity index (χ1v) is 6.58. The Kier molecular flexibility index (Phi) is 2.27. The molecule has 0 radical (unpaired) electrons. The second kappa shape index (κ2) is 4.01. The maximum atomic E-state index is 13.3. The van der Waals surface area contributed by atoms with E-state index in [9.17, 15) is 9.18 Å². The van der Waals surface area contributed by atoms with Gasteiger partial charge in [-0.1, -0.05) is 42.5 Å². The predicted octanol–water partition coefficient (Wildman–Crippen LogP) is 4.11. The summed E-state index contributed by atoms with van der Waals surface area (Å²) in [6.45, 7) is 0. The quantitative estimate of drug-likeness (QED) is 0.466. The number of benzene rings is 3. The normalized spacial score (nSPS) is 13.2. The first-order chi connectivity index (χ1) is 9.74. The van der Waals surface area contributed by atoms with Crippen molar-refractivity contribution in [3.63, 3.8) is 0 Å². The number of carbonyl (C=O) groups is 1. The van der Waals surface area contributed by atoms with Crippen LogP contribution in [0.3, 0.4) is 0 Å². The zero-order valence-corrected chi connectivity index (χ0v) is 10.7. The fraction of sp³-hybridized carbons (Fsp3) is 0.0556. The second-order valence-electron chi connectivity index (χ2n) is 5.13. The van der Waals surface area contributed by atoms with E-state index in [1.54, 1.807) is 6.07 Å². The molecule has 0 fully saturated rings. The van der Waals surface area contributed by atoms with E-state index in [4.69, 9.17) is 0 Å². The van der Waals surface area contributed by atoms with Gasteiger partial charge in [-0.15, -0.1) is 0 Å². The summed E-state index contributed by atoms with van der Waals surface area (Å²) in [5.41, 5.74) is 3.57. The second-order valence-corrected chi connectivity index (χ2v) is 5.13. The van der Waals surface area contributed by atoms with E-state index in [2.05, 4.69) is 0 Å². The van der Waals surface area contributed by atoms with Gasteiger partial charge in [0.1, 0.15) is 5.82 Å². The Labute approximate surface area is 115 Å². The summed E-state index contributed by atoms with van der Waals surface area (Å²) in [6, 6.07) is 16.1. The van der Waals surface area contributed by atoms with Crippen LogP contribution < -0.4 is 0 Å². The summed E-state index contributed by atoms with van der Waals surface area (Å²) in [4.78, 5) is 12.7. The molecule has 1 aliphatic carbocycles. The van der Waals surface area contributed by atoms with Crippen LogP contribution in [0.1, 0.15) is 27.0 Å². The molecule has 4 rings (SSSR count). The third-order valence-corrected chi connectivity index (χ3v) is 3.94. The van der Waals surface area contributed by atoms with Gasteiger partial charge in [0.2, 0.25) is 0 Å². The van der Waals surface area contributed by atoms with E-state index in [1.807, 2.05) is 36.4 Å². The first-order valence-electron chi connectivity index (χ1n) is 6.58. The van der Waals surface area contributed by atoms with E-state index in [0.29, 0.717) is 0 Å². The highest BCUT2D eigenvalue weighted by molar-refractivity contribution is 6.19. The summed E-state index contributed by atoms with van der Waals surface area (Å²) < 4.78 is 13.3. The highest BCUT2D eigenvalue weighted by atomic mass is 19.1. The molecule has 1 nitrogen and oxygen atoms in total. The Morgan fingerprint density at radius 2 is 1.75 bits per heavy atom. The molecular formula is C18H11FO. The Morgan fingerprint density at radius 3 is 2.65 bits per heavy atom. The van der Waals surface area contributed by atoms with Crippen LogP contribution in [0.5, 0.6) is 0 Å². The lowest BCUT2D eigenvalue weighted by molar-refractivity contribution is 0.103. The van der Waals surface area contributed by atoms with Gasteiger partial charge < -0.3 is 0 Å². The molecule has 0 spiro atoms. The van der Waals surface area contributed by atoms with E-state index >= 15 is 0 Å². The summed E-state index contributed by atoms with van der Waals surface area (Å²) in [5, 5.41) is 1.61. The molecule has 0 N–H and O–H groups in total. The molecule has 0 saturated heterocycles. The van der Waals surface area contributed by atoms with E-state index in [-0.39, 0.29) is 11.6 Å². The molecule has 20 heavy (non-hydrogen) atoms. The lowest BCUT2D eigenvalue weighted by Crippen LogP contribution is -2.15. The van der Waals surface area contributed by atoms with Crippen molar-refractivity contribution in [3.05, 3.63) is 82.7 Å². The molecule has 0 aliphatic heterocycles. The van der Waals surface area contributed by atoms with Crippen molar-refractivity contribution in [1.29, 1.82) is 0 Å². The van der Waals surface area contributed by atoms with Crippen molar-refractivity contribution < 1.29 is 9.18 Å². The smallest absolute Gasteiger partial charge is 0.194 e.